The summed E-state index contributed by atoms with van der Waals surface area (Å²) in [6.07, 6.45) is 3.65. The van der Waals surface area contributed by atoms with E-state index in [1.54, 1.807) is 7.11 Å². The molecule has 0 radical (unpaired) electrons. The Morgan fingerprint density at radius 2 is 1.94 bits per heavy atom. The number of rotatable bonds is 3. The van der Waals surface area contributed by atoms with Crippen molar-refractivity contribution in [1.82, 2.24) is 0 Å². The molecule has 98 valence electrons. The Labute approximate surface area is 124 Å². The maximum Gasteiger partial charge on any atom is 0.151 e. The van der Waals surface area contributed by atoms with E-state index in [0.29, 0.717) is 12.2 Å². The second kappa shape index (κ2) is 5.74. The summed E-state index contributed by atoms with van der Waals surface area (Å²) >= 11 is 7.35. The summed E-state index contributed by atoms with van der Waals surface area (Å²) in [5, 5.41) is 0. The molecule has 0 aliphatic heterocycles. The van der Waals surface area contributed by atoms with Crippen molar-refractivity contribution in [2.75, 3.05) is 7.11 Å². The Morgan fingerprint density at radius 3 is 2.50 bits per heavy atom. The normalized spacial score (nSPS) is 25.8. The van der Waals surface area contributed by atoms with Crippen LogP contribution in [0.25, 0.3) is 0 Å². The fourth-order valence-electron chi connectivity index (χ4n) is 2.32. The molecule has 0 spiro atoms. The van der Waals surface area contributed by atoms with Crippen LogP contribution in [0.5, 0.6) is 5.75 Å². The third-order valence-corrected chi connectivity index (χ3v) is 6.69. The van der Waals surface area contributed by atoms with Gasteiger partial charge in [0.1, 0.15) is 10.1 Å². The standard InChI is InChI=1S/C14H16Br2O2/c1-18-11-7-5-10(6-8-11)13(15)14(16)9-3-2-4-12(14)17/h5-8,13H,2-4,9H2,1H3. The van der Waals surface area contributed by atoms with E-state index in [1.165, 1.54) is 0 Å². The van der Waals surface area contributed by atoms with Gasteiger partial charge in [0.15, 0.2) is 5.78 Å². The van der Waals surface area contributed by atoms with Crippen LogP contribution in [0.15, 0.2) is 24.3 Å². The van der Waals surface area contributed by atoms with E-state index < -0.39 is 4.32 Å². The van der Waals surface area contributed by atoms with Gasteiger partial charge in [0.25, 0.3) is 0 Å². The van der Waals surface area contributed by atoms with Crippen LogP contribution < -0.4 is 4.74 Å². The lowest BCUT2D eigenvalue weighted by molar-refractivity contribution is -0.122. The lowest BCUT2D eigenvalue weighted by Crippen LogP contribution is -2.38. The minimum absolute atomic E-state index is 0.00343. The van der Waals surface area contributed by atoms with Crippen molar-refractivity contribution < 1.29 is 9.53 Å². The summed E-state index contributed by atoms with van der Waals surface area (Å²) in [6, 6.07) is 7.85. The highest BCUT2D eigenvalue weighted by atomic mass is 79.9. The Hall–Kier alpha value is -0.350. The Kier molecular flexibility index (Phi) is 4.49. The predicted molar refractivity (Wildman–Crippen MR) is 79.8 cm³/mol. The van der Waals surface area contributed by atoms with Crippen molar-refractivity contribution in [2.24, 2.45) is 0 Å². The van der Waals surface area contributed by atoms with E-state index in [0.717, 1.165) is 30.6 Å². The first-order valence-corrected chi connectivity index (χ1v) is 7.79. The van der Waals surface area contributed by atoms with Crippen molar-refractivity contribution >= 4 is 37.6 Å². The molecule has 1 fully saturated rings. The molecular weight excluding hydrogens is 360 g/mol. The molecule has 0 aromatic heterocycles. The fraction of sp³-hybridized carbons (Fsp3) is 0.500. The molecule has 2 atom stereocenters. The third kappa shape index (κ3) is 2.64. The molecule has 1 aliphatic carbocycles. The van der Waals surface area contributed by atoms with Crippen LogP contribution >= 0.6 is 31.9 Å². The molecule has 2 unspecified atom stereocenters. The quantitative estimate of drug-likeness (QED) is 0.731. The second-order valence-corrected chi connectivity index (χ2v) is 6.96. The van der Waals surface area contributed by atoms with E-state index in [9.17, 15) is 4.79 Å². The van der Waals surface area contributed by atoms with E-state index in [1.807, 2.05) is 24.3 Å². The summed E-state index contributed by atoms with van der Waals surface area (Å²) in [4.78, 5) is 12.2. The maximum atomic E-state index is 12.2. The second-order valence-electron chi connectivity index (χ2n) is 4.63. The first kappa shape index (κ1) is 14.1. The van der Waals surface area contributed by atoms with Crippen LogP contribution in [0, 0.1) is 0 Å². The monoisotopic (exact) mass is 374 g/mol. The Morgan fingerprint density at radius 1 is 1.28 bits per heavy atom. The number of hydrogen-bond donors (Lipinski definition) is 0. The number of carbonyl (C=O) groups is 1. The number of benzene rings is 1. The molecule has 1 aromatic rings. The van der Waals surface area contributed by atoms with Crippen LogP contribution in [-0.2, 0) is 4.79 Å². The molecule has 0 saturated heterocycles. The lowest BCUT2D eigenvalue weighted by atomic mass is 9.83. The first-order valence-electron chi connectivity index (χ1n) is 6.08. The minimum Gasteiger partial charge on any atom is -0.497 e. The maximum absolute atomic E-state index is 12.2. The highest BCUT2D eigenvalue weighted by Crippen LogP contribution is 2.47. The molecule has 4 heteroatoms. The van der Waals surface area contributed by atoms with Crippen molar-refractivity contribution in [1.29, 1.82) is 0 Å². The molecule has 2 rings (SSSR count). The number of methoxy groups -OCH3 is 1. The van der Waals surface area contributed by atoms with Gasteiger partial charge < -0.3 is 4.74 Å². The van der Waals surface area contributed by atoms with Gasteiger partial charge in [-0.1, -0.05) is 50.4 Å². The smallest absolute Gasteiger partial charge is 0.151 e. The summed E-state index contributed by atoms with van der Waals surface area (Å²) in [7, 11) is 1.65. The summed E-state index contributed by atoms with van der Waals surface area (Å²) in [6.45, 7) is 0. The molecule has 1 saturated carbocycles. The van der Waals surface area contributed by atoms with Gasteiger partial charge in [0, 0.05) is 6.42 Å². The van der Waals surface area contributed by atoms with Gasteiger partial charge in [0.2, 0.25) is 0 Å². The SMILES string of the molecule is COc1ccc(C(Br)C2(Br)CCCCC2=O)cc1. The summed E-state index contributed by atoms with van der Waals surface area (Å²) in [5.74, 6) is 1.13. The molecule has 0 bridgehead atoms. The average Bonchev–Trinajstić information content (AvgIpc) is 2.41. The number of alkyl halides is 2. The summed E-state index contributed by atoms with van der Waals surface area (Å²) < 4.78 is 4.69. The summed E-state index contributed by atoms with van der Waals surface area (Å²) in [5.41, 5.74) is 1.10. The largest absolute Gasteiger partial charge is 0.497 e. The minimum atomic E-state index is -0.458. The molecule has 0 amide bonds. The molecule has 1 aromatic carbocycles. The lowest BCUT2D eigenvalue weighted by Gasteiger charge is -2.34. The Balaban J connectivity index is 2.23. The van der Waals surface area contributed by atoms with E-state index in [4.69, 9.17) is 4.74 Å². The molecular formula is C14H16Br2O2. The number of ether oxygens (including phenoxy) is 1. The molecule has 0 heterocycles. The zero-order valence-corrected chi connectivity index (χ0v) is 13.5. The van der Waals surface area contributed by atoms with Gasteiger partial charge in [0.05, 0.1) is 11.9 Å². The molecule has 1 aliphatic rings. The number of hydrogen-bond acceptors (Lipinski definition) is 2. The highest BCUT2D eigenvalue weighted by molar-refractivity contribution is 9.12. The van der Waals surface area contributed by atoms with Crippen LogP contribution in [-0.4, -0.2) is 17.2 Å². The van der Waals surface area contributed by atoms with E-state index in [2.05, 4.69) is 31.9 Å². The Bertz CT molecular complexity index is 430. The number of ketones is 1. The van der Waals surface area contributed by atoms with Crippen LogP contribution in [0.1, 0.15) is 36.1 Å². The fourth-order valence-corrected chi connectivity index (χ4v) is 3.85. The van der Waals surface area contributed by atoms with Crippen LogP contribution in [0.2, 0.25) is 0 Å². The van der Waals surface area contributed by atoms with Gasteiger partial charge in [-0.15, -0.1) is 0 Å². The number of Topliss-reactive ketones (excluding diaryl/α,β-unsaturated/α-hetero) is 1. The third-order valence-electron chi connectivity index (χ3n) is 3.47. The topological polar surface area (TPSA) is 26.3 Å². The van der Waals surface area contributed by atoms with Crippen molar-refractivity contribution in [3.05, 3.63) is 29.8 Å². The van der Waals surface area contributed by atoms with E-state index in [-0.39, 0.29) is 4.83 Å². The predicted octanol–water partition coefficient (Wildman–Crippen LogP) is 4.41. The zero-order chi connectivity index (χ0) is 13.2. The van der Waals surface area contributed by atoms with Gasteiger partial charge in [-0.3, -0.25) is 4.79 Å². The van der Waals surface area contributed by atoms with Crippen molar-refractivity contribution in [2.45, 2.75) is 34.8 Å². The molecule has 0 N–H and O–H groups in total. The van der Waals surface area contributed by atoms with E-state index >= 15 is 0 Å². The zero-order valence-electron chi connectivity index (χ0n) is 10.3. The average molecular weight is 376 g/mol. The van der Waals surface area contributed by atoms with Gasteiger partial charge in [-0.25, -0.2) is 0 Å². The van der Waals surface area contributed by atoms with Gasteiger partial charge in [-0.05, 0) is 30.5 Å². The van der Waals surface area contributed by atoms with Crippen molar-refractivity contribution in [3.8, 4) is 5.75 Å². The van der Waals surface area contributed by atoms with Crippen LogP contribution in [0.3, 0.4) is 0 Å². The first-order chi connectivity index (χ1) is 8.58. The highest BCUT2D eigenvalue weighted by Gasteiger charge is 2.43. The molecule has 18 heavy (non-hydrogen) atoms. The van der Waals surface area contributed by atoms with Crippen LogP contribution in [0.4, 0.5) is 0 Å². The van der Waals surface area contributed by atoms with Gasteiger partial charge >= 0.3 is 0 Å². The van der Waals surface area contributed by atoms with Crippen molar-refractivity contribution in [3.63, 3.8) is 0 Å². The number of halogens is 2. The number of carbonyl (C=O) groups excluding carboxylic acids is 1. The molecule has 2 nitrogen and oxygen atoms in total. The van der Waals surface area contributed by atoms with Gasteiger partial charge in [-0.2, -0.15) is 0 Å².